The molecule has 0 heterocycles. The molecule has 0 aromatic heterocycles. The summed E-state index contributed by atoms with van der Waals surface area (Å²) in [5, 5.41) is 0. The van der Waals surface area contributed by atoms with Crippen LogP contribution in [0.15, 0.2) is 12.2 Å². The second-order valence-corrected chi connectivity index (χ2v) is 13.3. The van der Waals surface area contributed by atoms with Crippen molar-refractivity contribution in [2.24, 2.45) is 0 Å². The Morgan fingerprint density at radius 1 is 0.349 bits per heavy atom. The summed E-state index contributed by atoms with van der Waals surface area (Å²) in [5.41, 5.74) is 0. The third kappa shape index (κ3) is 37.0. The van der Waals surface area contributed by atoms with E-state index in [1.54, 1.807) is 0 Å². The van der Waals surface area contributed by atoms with Gasteiger partial charge in [0.25, 0.3) is 0 Å². The molecule has 0 aliphatic carbocycles. The first kappa shape index (κ1) is 41.9. The molecule has 0 aliphatic rings. The maximum absolute atomic E-state index is 11.9. The molecule has 0 amide bonds. The molecular weight excluding hydrogens is 528 g/mol. The van der Waals surface area contributed by atoms with Crippen molar-refractivity contribution in [2.75, 3.05) is 0 Å². The molecule has 0 N–H and O–H groups in total. The first-order chi connectivity index (χ1) is 21.2. The maximum Gasteiger partial charge on any atom is 0.313 e. The van der Waals surface area contributed by atoms with Gasteiger partial charge in [-0.15, -0.1) is 0 Å². The van der Waals surface area contributed by atoms with Crippen LogP contribution in [0.3, 0.4) is 0 Å². The maximum atomic E-state index is 11.9. The minimum Gasteiger partial charge on any atom is -0.393 e. The van der Waals surface area contributed by atoms with Crippen molar-refractivity contribution in [2.45, 2.75) is 232 Å². The molecule has 0 rings (SSSR count). The average Bonchev–Trinajstić information content (AvgIpc) is 3.00. The highest BCUT2D eigenvalue weighted by molar-refractivity contribution is 5.85. The Morgan fingerprint density at radius 2 is 0.581 bits per heavy atom. The van der Waals surface area contributed by atoms with Gasteiger partial charge in [-0.3, -0.25) is 9.59 Å². The van der Waals surface area contributed by atoms with Crippen molar-refractivity contribution in [3.8, 4) is 0 Å². The Balaban J connectivity index is 3.28. The third-order valence-electron chi connectivity index (χ3n) is 8.85. The second-order valence-electron chi connectivity index (χ2n) is 13.3. The van der Waals surface area contributed by atoms with Crippen molar-refractivity contribution in [1.29, 1.82) is 0 Å². The summed E-state index contributed by atoms with van der Waals surface area (Å²) >= 11 is 0. The molecule has 0 saturated carbocycles. The van der Waals surface area contributed by atoms with Crippen LogP contribution in [0.2, 0.25) is 0 Å². The summed E-state index contributed by atoms with van der Waals surface area (Å²) in [6, 6.07) is 0. The summed E-state index contributed by atoms with van der Waals surface area (Å²) < 4.78 is 5.01. The predicted molar refractivity (Wildman–Crippen MR) is 189 cm³/mol. The van der Waals surface area contributed by atoms with Crippen LogP contribution in [-0.4, -0.2) is 11.9 Å². The highest BCUT2D eigenvalue weighted by Crippen LogP contribution is 2.16. The smallest absolute Gasteiger partial charge is 0.313 e. The van der Waals surface area contributed by atoms with Gasteiger partial charge in [0, 0.05) is 12.8 Å². The fourth-order valence-electron chi connectivity index (χ4n) is 5.92. The lowest BCUT2D eigenvalue weighted by atomic mass is 10.0. The van der Waals surface area contributed by atoms with E-state index in [9.17, 15) is 9.59 Å². The summed E-state index contributed by atoms with van der Waals surface area (Å²) in [6.07, 6.45) is 47.1. The number of rotatable bonds is 35. The first-order valence-electron chi connectivity index (χ1n) is 19.6. The molecule has 0 aliphatic heterocycles. The van der Waals surface area contributed by atoms with Gasteiger partial charge in [0.15, 0.2) is 0 Å². The number of carbonyl (C=O) groups is 2. The van der Waals surface area contributed by atoms with Gasteiger partial charge in [-0.05, 0) is 38.5 Å². The van der Waals surface area contributed by atoms with Crippen molar-refractivity contribution in [1.82, 2.24) is 0 Å². The van der Waals surface area contributed by atoms with E-state index in [2.05, 4.69) is 26.0 Å². The summed E-state index contributed by atoms with van der Waals surface area (Å²) in [7, 11) is 0. The van der Waals surface area contributed by atoms with Crippen LogP contribution >= 0.6 is 0 Å². The molecule has 254 valence electrons. The van der Waals surface area contributed by atoms with E-state index >= 15 is 0 Å². The van der Waals surface area contributed by atoms with E-state index in [4.69, 9.17) is 4.74 Å². The molecule has 0 saturated heterocycles. The summed E-state index contributed by atoms with van der Waals surface area (Å²) in [6.45, 7) is 4.54. The van der Waals surface area contributed by atoms with Gasteiger partial charge in [-0.1, -0.05) is 193 Å². The zero-order valence-corrected chi connectivity index (χ0v) is 29.4. The quantitative estimate of drug-likeness (QED) is 0.0313. The Morgan fingerprint density at radius 3 is 0.884 bits per heavy atom. The van der Waals surface area contributed by atoms with Crippen molar-refractivity contribution >= 4 is 11.9 Å². The standard InChI is InChI=1S/C40H76O3/c1-3-5-7-9-11-13-15-17-18-19-20-21-22-23-24-26-28-30-32-34-36-38-40(42)43-39(41)37-35-33-31-29-27-25-16-14-12-10-8-6-4-2/h14,16H,3-13,15,17-38H2,1-2H3/b16-14-. The minimum absolute atomic E-state index is 0.329. The van der Waals surface area contributed by atoms with E-state index < -0.39 is 0 Å². The summed E-state index contributed by atoms with van der Waals surface area (Å²) in [4.78, 5) is 23.9. The lowest BCUT2D eigenvalue weighted by Gasteiger charge is -2.05. The van der Waals surface area contributed by atoms with Gasteiger partial charge in [-0.25, -0.2) is 0 Å². The lowest BCUT2D eigenvalue weighted by Crippen LogP contribution is -2.11. The molecular formula is C40H76O3. The van der Waals surface area contributed by atoms with E-state index in [1.165, 1.54) is 173 Å². The Kier molecular flexibility index (Phi) is 36.1. The molecule has 43 heavy (non-hydrogen) atoms. The monoisotopic (exact) mass is 605 g/mol. The molecule has 0 atom stereocenters. The van der Waals surface area contributed by atoms with Crippen LogP contribution in [0, 0.1) is 0 Å². The number of hydrogen-bond donors (Lipinski definition) is 0. The van der Waals surface area contributed by atoms with Crippen LogP contribution in [-0.2, 0) is 14.3 Å². The second kappa shape index (κ2) is 37.1. The molecule has 3 heteroatoms. The van der Waals surface area contributed by atoms with E-state index in [1.807, 2.05) is 0 Å². The number of esters is 2. The Hall–Kier alpha value is -1.12. The van der Waals surface area contributed by atoms with Gasteiger partial charge in [0.1, 0.15) is 0 Å². The lowest BCUT2D eigenvalue weighted by molar-refractivity contribution is -0.159. The number of ether oxygens (including phenoxy) is 1. The number of unbranched alkanes of at least 4 members (excludes halogenated alkanes) is 29. The number of carbonyl (C=O) groups excluding carboxylic acids is 2. The van der Waals surface area contributed by atoms with Crippen LogP contribution in [0.4, 0.5) is 0 Å². The van der Waals surface area contributed by atoms with Crippen LogP contribution in [0.1, 0.15) is 232 Å². The van der Waals surface area contributed by atoms with Crippen molar-refractivity contribution in [3.63, 3.8) is 0 Å². The number of allylic oxidation sites excluding steroid dienone is 2. The summed E-state index contributed by atoms with van der Waals surface area (Å²) in [5.74, 6) is -0.663. The fourth-order valence-corrected chi connectivity index (χ4v) is 5.92. The van der Waals surface area contributed by atoms with E-state index in [-0.39, 0.29) is 11.9 Å². The molecule has 0 radical (unpaired) electrons. The zero-order valence-electron chi connectivity index (χ0n) is 29.4. The molecule has 0 aromatic rings. The van der Waals surface area contributed by atoms with Gasteiger partial charge >= 0.3 is 11.9 Å². The predicted octanol–water partition coefficient (Wildman–Crippen LogP) is 13.9. The normalized spacial score (nSPS) is 11.5. The van der Waals surface area contributed by atoms with Crippen LogP contribution in [0.5, 0.6) is 0 Å². The average molecular weight is 605 g/mol. The molecule has 0 spiro atoms. The molecule has 0 fully saturated rings. The van der Waals surface area contributed by atoms with Crippen LogP contribution < -0.4 is 0 Å². The third-order valence-corrected chi connectivity index (χ3v) is 8.85. The van der Waals surface area contributed by atoms with Gasteiger partial charge < -0.3 is 4.74 Å². The topological polar surface area (TPSA) is 43.4 Å². The van der Waals surface area contributed by atoms with Gasteiger partial charge in [-0.2, -0.15) is 0 Å². The largest absolute Gasteiger partial charge is 0.393 e. The first-order valence-corrected chi connectivity index (χ1v) is 19.6. The van der Waals surface area contributed by atoms with Gasteiger partial charge in [0.05, 0.1) is 0 Å². The molecule has 3 nitrogen and oxygen atoms in total. The van der Waals surface area contributed by atoms with Gasteiger partial charge in [0.2, 0.25) is 0 Å². The van der Waals surface area contributed by atoms with Crippen LogP contribution in [0.25, 0.3) is 0 Å². The fraction of sp³-hybridized carbons (Fsp3) is 0.900. The Bertz CT molecular complexity index is 597. The Labute approximate surface area is 270 Å². The molecule has 0 aromatic carbocycles. The SMILES string of the molecule is CCCCCC/C=C\CCCCCCCC(=O)OC(=O)CCCCCCCCCCCCCCCCCCCCCCC. The molecule has 0 bridgehead atoms. The minimum atomic E-state index is -0.334. The van der Waals surface area contributed by atoms with Crippen molar-refractivity contribution < 1.29 is 14.3 Å². The van der Waals surface area contributed by atoms with E-state index in [0.29, 0.717) is 12.8 Å². The zero-order chi connectivity index (χ0) is 31.3. The highest BCUT2D eigenvalue weighted by Gasteiger charge is 2.09. The number of hydrogen-bond acceptors (Lipinski definition) is 3. The van der Waals surface area contributed by atoms with E-state index in [0.717, 1.165) is 32.1 Å². The van der Waals surface area contributed by atoms with Crippen molar-refractivity contribution in [3.05, 3.63) is 12.2 Å². The molecule has 0 unspecified atom stereocenters. The highest BCUT2D eigenvalue weighted by atomic mass is 16.6.